The number of fused-ring (bicyclic) bond motifs is 2. The first-order valence-electron chi connectivity index (χ1n) is 5.66. The molecule has 0 spiro atoms. The second-order valence-corrected chi connectivity index (χ2v) is 4.29. The van der Waals surface area contributed by atoms with Gasteiger partial charge in [0, 0.05) is 17.0 Å². The van der Waals surface area contributed by atoms with Gasteiger partial charge in [0.15, 0.2) is 11.3 Å². The van der Waals surface area contributed by atoms with Gasteiger partial charge >= 0.3 is 5.97 Å². The van der Waals surface area contributed by atoms with Gasteiger partial charge in [0.05, 0.1) is 24.3 Å². The van der Waals surface area contributed by atoms with Crippen molar-refractivity contribution in [3.8, 4) is 5.75 Å². The fourth-order valence-corrected chi connectivity index (χ4v) is 2.31. The Bertz CT molecular complexity index is 718. The van der Waals surface area contributed by atoms with Crippen LogP contribution in [0.15, 0.2) is 33.5 Å². The number of hydrogen-bond donors (Lipinski definition) is 3. The largest absolute Gasteiger partial charge is 0.504 e. The van der Waals surface area contributed by atoms with Crippen LogP contribution in [0.5, 0.6) is 5.75 Å². The van der Waals surface area contributed by atoms with Crippen molar-refractivity contribution in [1.29, 1.82) is 0 Å². The molecule has 3 aromatic rings. The molecule has 0 aliphatic heterocycles. The highest BCUT2D eigenvalue weighted by Gasteiger charge is 2.23. The van der Waals surface area contributed by atoms with E-state index < -0.39 is 12.0 Å². The van der Waals surface area contributed by atoms with E-state index in [1.54, 1.807) is 12.1 Å². The number of phenols is 1. The topological polar surface area (TPSA) is 110 Å². The van der Waals surface area contributed by atoms with Crippen molar-refractivity contribution in [3.63, 3.8) is 0 Å². The van der Waals surface area contributed by atoms with Gasteiger partial charge in [-0.05, 0) is 12.1 Å². The Balaban J connectivity index is 2.35. The van der Waals surface area contributed by atoms with E-state index >= 15 is 0 Å². The molecule has 0 radical (unpaired) electrons. The summed E-state index contributed by atoms with van der Waals surface area (Å²) in [4.78, 5) is 10.8. The summed E-state index contributed by atoms with van der Waals surface area (Å²) in [5.74, 6) is -1.04. The molecule has 2 heterocycles. The molecule has 19 heavy (non-hydrogen) atoms. The number of nitrogens with two attached hydrogens (primary N) is 1. The van der Waals surface area contributed by atoms with E-state index in [1.807, 2.05) is 0 Å². The Kier molecular flexibility index (Phi) is 2.46. The van der Waals surface area contributed by atoms with E-state index in [4.69, 9.17) is 19.7 Å². The molecule has 6 nitrogen and oxygen atoms in total. The molecule has 0 aliphatic rings. The number of carboxylic acids is 1. The maximum Gasteiger partial charge on any atom is 0.305 e. The van der Waals surface area contributed by atoms with Crippen molar-refractivity contribution >= 4 is 27.9 Å². The van der Waals surface area contributed by atoms with Crippen LogP contribution in [0.3, 0.4) is 0 Å². The van der Waals surface area contributed by atoms with E-state index in [-0.39, 0.29) is 17.8 Å². The minimum absolute atomic E-state index is 0.0324. The van der Waals surface area contributed by atoms with Crippen molar-refractivity contribution in [2.24, 2.45) is 5.73 Å². The Morgan fingerprint density at radius 2 is 1.84 bits per heavy atom. The third-order valence-corrected chi connectivity index (χ3v) is 3.10. The van der Waals surface area contributed by atoms with Gasteiger partial charge in [0.1, 0.15) is 5.58 Å². The van der Waals surface area contributed by atoms with Crippen molar-refractivity contribution in [2.75, 3.05) is 0 Å². The number of hydrogen-bond acceptors (Lipinski definition) is 5. The fourth-order valence-electron chi connectivity index (χ4n) is 2.31. The van der Waals surface area contributed by atoms with Gasteiger partial charge in [0.2, 0.25) is 0 Å². The standard InChI is InChI=1S/C13H11NO5/c14-8(5-9(15)16)10-6-1-3-19-13(6)11(17)7-2-4-18-12(7)10/h1-4,8,17H,5,14H2,(H,15,16). The summed E-state index contributed by atoms with van der Waals surface area (Å²) in [6.07, 6.45) is 2.60. The number of carboxylic acid groups (broad SMARTS) is 1. The average Bonchev–Trinajstić information content (AvgIpc) is 2.96. The molecule has 0 amide bonds. The van der Waals surface area contributed by atoms with Gasteiger partial charge in [-0.3, -0.25) is 4.79 Å². The zero-order valence-corrected chi connectivity index (χ0v) is 9.79. The molecule has 98 valence electrons. The van der Waals surface area contributed by atoms with Crippen LogP contribution in [0.4, 0.5) is 0 Å². The summed E-state index contributed by atoms with van der Waals surface area (Å²) in [6.45, 7) is 0. The number of aliphatic carboxylic acids is 1. The summed E-state index contributed by atoms with van der Waals surface area (Å²) in [7, 11) is 0. The van der Waals surface area contributed by atoms with Gasteiger partial charge in [-0.15, -0.1) is 0 Å². The first-order chi connectivity index (χ1) is 9.09. The molecule has 1 unspecified atom stereocenters. The first kappa shape index (κ1) is 11.6. The van der Waals surface area contributed by atoms with Crippen LogP contribution in [-0.2, 0) is 4.79 Å². The van der Waals surface area contributed by atoms with Crippen LogP contribution < -0.4 is 5.73 Å². The second kappa shape index (κ2) is 4.03. The van der Waals surface area contributed by atoms with Gasteiger partial charge < -0.3 is 24.8 Å². The lowest BCUT2D eigenvalue weighted by Crippen LogP contribution is -2.15. The van der Waals surface area contributed by atoms with Crippen LogP contribution in [0.2, 0.25) is 0 Å². The summed E-state index contributed by atoms with van der Waals surface area (Å²) in [5.41, 5.74) is 7.14. The monoisotopic (exact) mass is 261 g/mol. The molecule has 0 bridgehead atoms. The lowest BCUT2D eigenvalue weighted by molar-refractivity contribution is -0.137. The Morgan fingerprint density at radius 3 is 2.53 bits per heavy atom. The van der Waals surface area contributed by atoms with Crippen LogP contribution in [-0.4, -0.2) is 16.2 Å². The van der Waals surface area contributed by atoms with E-state index in [9.17, 15) is 9.90 Å². The molecular weight excluding hydrogens is 250 g/mol. The lowest BCUT2D eigenvalue weighted by Gasteiger charge is -2.12. The maximum atomic E-state index is 10.8. The van der Waals surface area contributed by atoms with Crippen molar-refractivity contribution in [2.45, 2.75) is 12.5 Å². The number of furan rings is 2. The fraction of sp³-hybridized carbons (Fsp3) is 0.154. The van der Waals surface area contributed by atoms with Gasteiger partial charge in [0.25, 0.3) is 0 Å². The summed E-state index contributed by atoms with van der Waals surface area (Å²) in [5, 5.41) is 19.9. The minimum atomic E-state index is -1.00. The number of aromatic hydroxyl groups is 1. The summed E-state index contributed by atoms with van der Waals surface area (Å²) in [6, 6.07) is 2.48. The predicted octanol–water partition coefficient (Wildman–Crippen LogP) is 2.36. The molecule has 3 rings (SSSR count). The number of carbonyl (C=O) groups is 1. The highest BCUT2D eigenvalue weighted by Crippen LogP contribution is 2.41. The molecule has 0 aliphatic carbocycles. The lowest BCUT2D eigenvalue weighted by atomic mass is 9.98. The molecule has 2 aromatic heterocycles. The van der Waals surface area contributed by atoms with E-state index in [2.05, 4.69) is 0 Å². The molecule has 0 fully saturated rings. The molecule has 0 saturated heterocycles. The first-order valence-corrected chi connectivity index (χ1v) is 5.66. The van der Waals surface area contributed by atoms with Crippen LogP contribution in [0.1, 0.15) is 18.0 Å². The van der Waals surface area contributed by atoms with Crippen molar-refractivity contribution < 1.29 is 23.8 Å². The molecule has 6 heteroatoms. The minimum Gasteiger partial charge on any atom is -0.504 e. The van der Waals surface area contributed by atoms with Crippen LogP contribution in [0.25, 0.3) is 21.9 Å². The SMILES string of the molecule is NC(CC(=O)O)c1c2ccoc2c(O)c2ccoc12. The smallest absolute Gasteiger partial charge is 0.305 e. The van der Waals surface area contributed by atoms with Crippen molar-refractivity contribution in [1.82, 2.24) is 0 Å². The van der Waals surface area contributed by atoms with E-state index in [0.29, 0.717) is 21.9 Å². The van der Waals surface area contributed by atoms with Crippen LogP contribution >= 0.6 is 0 Å². The highest BCUT2D eigenvalue weighted by atomic mass is 16.4. The zero-order chi connectivity index (χ0) is 13.6. The summed E-state index contributed by atoms with van der Waals surface area (Å²) >= 11 is 0. The van der Waals surface area contributed by atoms with E-state index in [0.717, 1.165) is 0 Å². The molecular formula is C13H11NO5. The van der Waals surface area contributed by atoms with Gasteiger partial charge in [-0.25, -0.2) is 0 Å². The Hall–Kier alpha value is -2.47. The normalized spacial score (nSPS) is 13.1. The Labute approximate surface area is 107 Å². The molecule has 1 atom stereocenters. The highest BCUT2D eigenvalue weighted by molar-refractivity contribution is 6.04. The Morgan fingerprint density at radius 1 is 1.21 bits per heavy atom. The molecule has 4 N–H and O–H groups in total. The van der Waals surface area contributed by atoms with Crippen LogP contribution in [0, 0.1) is 0 Å². The predicted molar refractivity (Wildman–Crippen MR) is 66.8 cm³/mol. The van der Waals surface area contributed by atoms with E-state index in [1.165, 1.54) is 12.5 Å². The third kappa shape index (κ3) is 1.65. The number of rotatable bonds is 3. The molecule has 1 aromatic carbocycles. The second-order valence-electron chi connectivity index (χ2n) is 4.29. The van der Waals surface area contributed by atoms with Crippen molar-refractivity contribution in [3.05, 3.63) is 30.2 Å². The van der Waals surface area contributed by atoms with Gasteiger partial charge in [-0.2, -0.15) is 0 Å². The third-order valence-electron chi connectivity index (χ3n) is 3.10. The van der Waals surface area contributed by atoms with Gasteiger partial charge in [-0.1, -0.05) is 0 Å². The zero-order valence-electron chi connectivity index (χ0n) is 9.79. The average molecular weight is 261 g/mol. The maximum absolute atomic E-state index is 10.8. The number of phenolic OH excluding ortho intramolecular Hbond substituents is 1. The quantitative estimate of drug-likeness (QED) is 0.667. The number of benzene rings is 1. The summed E-state index contributed by atoms with van der Waals surface area (Å²) < 4.78 is 10.6. The molecule has 0 saturated carbocycles.